The smallest absolute Gasteiger partial charge is 0.191 e. The van der Waals surface area contributed by atoms with Crippen molar-refractivity contribution in [2.45, 2.75) is 27.3 Å². The molecule has 0 radical (unpaired) electrons. The quantitative estimate of drug-likeness (QED) is 0.620. The Bertz CT molecular complexity index is 394. The molecule has 100 valence electrons. The number of guanidine groups is 1. The van der Waals surface area contributed by atoms with Crippen LogP contribution in [0.15, 0.2) is 23.2 Å². The van der Waals surface area contributed by atoms with E-state index in [1.54, 1.807) is 7.11 Å². The van der Waals surface area contributed by atoms with Gasteiger partial charge in [-0.3, -0.25) is 0 Å². The number of benzene rings is 1. The molecule has 0 aromatic heterocycles. The lowest BCUT2D eigenvalue weighted by atomic mass is 10.1. The van der Waals surface area contributed by atoms with Crippen LogP contribution in [0.5, 0.6) is 5.75 Å². The molecular formula is C14H23N3O. The number of hydrogen-bond donors (Lipinski definition) is 2. The molecule has 0 aliphatic carbocycles. The summed E-state index contributed by atoms with van der Waals surface area (Å²) in [6.45, 7) is 8.49. The largest absolute Gasteiger partial charge is 0.496 e. The van der Waals surface area contributed by atoms with Crippen molar-refractivity contribution in [3.05, 3.63) is 29.3 Å². The van der Waals surface area contributed by atoms with E-state index in [1.807, 2.05) is 6.07 Å². The number of methoxy groups -OCH3 is 1. The number of hydrogen-bond acceptors (Lipinski definition) is 2. The van der Waals surface area contributed by atoms with Crippen LogP contribution in [0, 0.1) is 6.92 Å². The van der Waals surface area contributed by atoms with E-state index in [1.165, 1.54) is 5.56 Å². The number of nitrogens with zero attached hydrogens (tertiary/aromatic N) is 1. The van der Waals surface area contributed by atoms with Crippen molar-refractivity contribution < 1.29 is 4.74 Å². The number of aryl methyl sites for hydroxylation is 1. The molecule has 0 amide bonds. The average molecular weight is 249 g/mol. The monoisotopic (exact) mass is 249 g/mol. The van der Waals surface area contributed by atoms with E-state index in [0.717, 1.165) is 30.4 Å². The van der Waals surface area contributed by atoms with Gasteiger partial charge in [0.05, 0.1) is 13.7 Å². The molecule has 0 saturated carbocycles. The molecule has 1 aromatic rings. The Morgan fingerprint density at radius 2 is 1.89 bits per heavy atom. The summed E-state index contributed by atoms with van der Waals surface area (Å²) in [5.41, 5.74) is 2.29. The maximum Gasteiger partial charge on any atom is 0.191 e. The van der Waals surface area contributed by atoms with E-state index in [9.17, 15) is 0 Å². The highest BCUT2D eigenvalue weighted by Crippen LogP contribution is 2.20. The van der Waals surface area contributed by atoms with Gasteiger partial charge in [0.15, 0.2) is 5.96 Å². The van der Waals surface area contributed by atoms with Gasteiger partial charge in [-0.2, -0.15) is 0 Å². The zero-order chi connectivity index (χ0) is 13.4. The van der Waals surface area contributed by atoms with Gasteiger partial charge in [-0.25, -0.2) is 4.99 Å². The molecule has 0 unspecified atom stereocenters. The van der Waals surface area contributed by atoms with Crippen LogP contribution in [0.4, 0.5) is 0 Å². The van der Waals surface area contributed by atoms with E-state index >= 15 is 0 Å². The first-order chi connectivity index (χ1) is 8.71. The van der Waals surface area contributed by atoms with Crippen LogP contribution in [0.1, 0.15) is 25.0 Å². The maximum atomic E-state index is 5.37. The molecule has 0 atom stereocenters. The molecule has 1 rings (SSSR count). The molecule has 0 heterocycles. The summed E-state index contributed by atoms with van der Waals surface area (Å²) in [4.78, 5) is 4.53. The van der Waals surface area contributed by atoms with Crippen LogP contribution < -0.4 is 15.4 Å². The van der Waals surface area contributed by atoms with Crippen LogP contribution in [0.2, 0.25) is 0 Å². The zero-order valence-electron chi connectivity index (χ0n) is 11.7. The molecule has 0 bridgehead atoms. The molecule has 0 fully saturated rings. The van der Waals surface area contributed by atoms with Gasteiger partial charge < -0.3 is 15.4 Å². The third-order valence-electron chi connectivity index (χ3n) is 2.54. The molecule has 18 heavy (non-hydrogen) atoms. The summed E-state index contributed by atoms with van der Waals surface area (Å²) in [6, 6.07) is 6.17. The summed E-state index contributed by atoms with van der Waals surface area (Å²) in [6.07, 6.45) is 0. The highest BCUT2D eigenvalue weighted by Gasteiger charge is 2.03. The number of ether oxygens (including phenoxy) is 1. The average Bonchev–Trinajstić information content (AvgIpc) is 2.37. The Morgan fingerprint density at radius 1 is 1.22 bits per heavy atom. The van der Waals surface area contributed by atoms with E-state index in [-0.39, 0.29) is 0 Å². The SMILES string of the molecule is CCNC(=NCc1ccc(C)cc1OC)NCC. The van der Waals surface area contributed by atoms with Gasteiger partial charge in [-0.15, -0.1) is 0 Å². The van der Waals surface area contributed by atoms with Gasteiger partial charge in [0.1, 0.15) is 5.75 Å². The normalized spacial score (nSPS) is 9.78. The lowest BCUT2D eigenvalue weighted by Gasteiger charge is -2.11. The van der Waals surface area contributed by atoms with Crippen LogP contribution in [0.3, 0.4) is 0 Å². The minimum atomic E-state index is 0.610. The fourth-order valence-electron chi connectivity index (χ4n) is 1.66. The van der Waals surface area contributed by atoms with Crippen LogP contribution in [0.25, 0.3) is 0 Å². The fraction of sp³-hybridized carbons (Fsp3) is 0.500. The molecule has 0 aliphatic heterocycles. The Morgan fingerprint density at radius 3 is 2.44 bits per heavy atom. The lowest BCUT2D eigenvalue weighted by molar-refractivity contribution is 0.409. The minimum absolute atomic E-state index is 0.610. The second-order valence-electron chi connectivity index (χ2n) is 4.04. The summed E-state index contributed by atoms with van der Waals surface area (Å²) >= 11 is 0. The lowest BCUT2D eigenvalue weighted by Crippen LogP contribution is -2.36. The van der Waals surface area contributed by atoms with Gasteiger partial charge in [-0.05, 0) is 32.4 Å². The molecule has 0 aliphatic rings. The van der Waals surface area contributed by atoms with E-state index in [2.05, 4.69) is 48.5 Å². The zero-order valence-corrected chi connectivity index (χ0v) is 11.7. The Balaban J connectivity index is 2.79. The van der Waals surface area contributed by atoms with Crippen molar-refractivity contribution >= 4 is 5.96 Å². The second-order valence-corrected chi connectivity index (χ2v) is 4.04. The van der Waals surface area contributed by atoms with Crippen LogP contribution >= 0.6 is 0 Å². The molecule has 0 spiro atoms. The van der Waals surface area contributed by atoms with Crippen molar-refractivity contribution in [3.8, 4) is 5.75 Å². The Labute approximate surface area is 109 Å². The third-order valence-corrected chi connectivity index (χ3v) is 2.54. The Hall–Kier alpha value is -1.71. The van der Waals surface area contributed by atoms with Crippen molar-refractivity contribution in [1.82, 2.24) is 10.6 Å². The highest BCUT2D eigenvalue weighted by molar-refractivity contribution is 5.79. The van der Waals surface area contributed by atoms with Crippen molar-refractivity contribution in [1.29, 1.82) is 0 Å². The standard InChI is InChI=1S/C14H23N3O/c1-5-15-14(16-6-2)17-10-12-8-7-11(3)9-13(12)18-4/h7-9H,5-6,10H2,1-4H3,(H2,15,16,17). The maximum absolute atomic E-state index is 5.37. The first-order valence-electron chi connectivity index (χ1n) is 6.37. The van der Waals surface area contributed by atoms with Crippen LogP contribution in [-0.4, -0.2) is 26.2 Å². The number of aliphatic imine (C=N–C) groups is 1. The molecular weight excluding hydrogens is 226 g/mol. The summed E-state index contributed by atoms with van der Waals surface area (Å²) < 4.78 is 5.37. The molecule has 2 N–H and O–H groups in total. The summed E-state index contributed by atoms with van der Waals surface area (Å²) in [7, 11) is 1.69. The van der Waals surface area contributed by atoms with Gasteiger partial charge in [0.25, 0.3) is 0 Å². The number of rotatable bonds is 5. The first kappa shape index (κ1) is 14.4. The number of nitrogens with one attached hydrogen (secondary N) is 2. The molecule has 0 saturated heterocycles. The Kier molecular flexibility index (Phi) is 6.05. The first-order valence-corrected chi connectivity index (χ1v) is 6.37. The van der Waals surface area contributed by atoms with Crippen molar-refractivity contribution in [2.75, 3.05) is 20.2 Å². The molecule has 4 heteroatoms. The molecule has 1 aromatic carbocycles. The van der Waals surface area contributed by atoms with Crippen molar-refractivity contribution in [3.63, 3.8) is 0 Å². The van der Waals surface area contributed by atoms with Gasteiger partial charge in [0, 0.05) is 18.7 Å². The van der Waals surface area contributed by atoms with Gasteiger partial charge >= 0.3 is 0 Å². The van der Waals surface area contributed by atoms with Crippen LogP contribution in [-0.2, 0) is 6.54 Å². The van der Waals surface area contributed by atoms with E-state index < -0.39 is 0 Å². The highest BCUT2D eigenvalue weighted by atomic mass is 16.5. The predicted molar refractivity (Wildman–Crippen MR) is 76.2 cm³/mol. The van der Waals surface area contributed by atoms with Gasteiger partial charge in [0.2, 0.25) is 0 Å². The summed E-state index contributed by atoms with van der Waals surface area (Å²) in [5, 5.41) is 6.40. The van der Waals surface area contributed by atoms with E-state index in [0.29, 0.717) is 6.54 Å². The second kappa shape index (κ2) is 7.58. The van der Waals surface area contributed by atoms with Gasteiger partial charge in [-0.1, -0.05) is 12.1 Å². The molecule has 4 nitrogen and oxygen atoms in total. The van der Waals surface area contributed by atoms with Crippen molar-refractivity contribution in [2.24, 2.45) is 4.99 Å². The fourth-order valence-corrected chi connectivity index (χ4v) is 1.66. The predicted octanol–water partition coefficient (Wildman–Crippen LogP) is 2.08. The van der Waals surface area contributed by atoms with E-state index in [4.69, 9.17) is 4.74 Å². The minimum Gasteiger partial charge on any atom is -0.496 e. The third kappa shape index (κ3) is 4.28. The topological polar surface area (TPSA) is 45.7 Å². The summed E-state index contributed by atoms with van der Waals surface area (Å²) in [5.74, 6) is 1.73.